The predicted octanol–water partition coefficient (Wildman–Crippen LogP) is 5.26. The number of aromatic hydroxyl groups is 1. The molecule has 1 aliphatic rings. The van der Waals surface area contributed by atoms with Crippen molar-refractivity contribution in [1.29, 1.82) is 0 Å². The Kier molecular flexibility index (Phi) is 6.54. The van der Waals surface area contributed by atoms with Gasteiger partial charge in [-0.1, -0.05) is 19.9 Å². The summed E-state index contributed by atoms with van der Waals surface area (Å²) in [5.74, 6) is 1.18. The molecule has 4 nitrogen and oxygen atoms in total. The summed E-state index contributed by atoms with van der Waals surface area (Å²) >= 11 is 1.60. The van der Waals surface area contributed by atoms with Gasteiger partial charge in [-0.15, -0.1) is 11.3 Å². The van der Waals surface area contributed by atoms with Gasteiger partial charge >= 0.3 is 5.63 Å². The molecule has 3 unspecified atom stereocenters. The maximum Gasteiger partial charge on any atom is 0.343 e. The van der Waals surface area contributed by atoms with Crippen LogP contribution in [0.4, 0.5) is 0 Å². The number of ether oxygens (including phenoxy) is 1. The Morgan fingerprint density at radius 3 is 2.77 bits per heavy atom. The van der Waals surface area contributed by atoms with Crippen molar-refractivity contribution >= 4 is 11.3 Å². The van der Waals surface area contributed by atoms with Crippen LogP contribution in [0, 0.1) is 5.92 Å². The van der Waals surface area contributed by atoms with E-state index in [0.29, 0.717) is 17.2 Å². The molecule has 3 heterocycles. The lowest BCUT2D eigenvalue weighted by atomic mass is 9.87. The molecule has 0 radical (unpaired) electrons. The van der Waals surface area contributed by atoms with E-state index in [1.165, 1.54) is 0 Å². The number of hydrogen-bond donors (Lipinski definition) is 1. The van der Waals surface area contributed by atoms with E-state index in [4.69, 9.17) is 9.15 Å². The van der Waals surface area contributed by atoms with Crippen molar-refractivity contribution in [2.45, 2.75) is 57.8 Å². The third-order valence-electron chi connectivity index (χ3n) is 5.40. The SMILES string of the molecule is CCC(CC1CCCOC1)c1cc(O)c(C(CC)c2cccs2)c(=O)o1. The van der Waals surface area contributed by atoms with Crippen LogP contribution < -0.4 is 5.63 Å². The molecule has 1 fully saturated rings. The summed E-state index contributed by atoms with van der Waals surface area (Å²) in [6.07, 6.45) is 4.80. The number of hydrogen-bond acceptors (Lipinski definition) is 5. The topological polar surface area (TPSA) is 59.7 Å². The van der Waals surface area contributed by atoms with Crippen LogP contribution >= 0.6 is 11.3 Å². The van der Waals surface area contributed by atoms with E-state index >= 15 is 0 Å². The molecule has 26 heavy (non-hydrogen) atoms. The van der Waals surface area contributed by atoms with Gasteiger partial charge in [0.25, 0.3) is 0 Å². The molecule has 0 amide bonds. The summed E-state index contributed by atoms with van der Waals surface area (Å²) < 4.78 is 11.3. The Hall–Kier alpha value is -1.59. The lowest BCUT2D eigenvalue weighted by Gasteiger charge is -2.26. The normalized spacial score (nSPS) is 20.0. The highest BCUT2D eigenvalue weighted by atomic mass is 32.1. The van der Waals surface area contributed by atoms with E-state index in [0.717, 1.165) is 50.2 Å². The maximum atomic E-state index is 12.7. The quantitative estimate of drug-likeness (QED) is 0.716. The molecule has 2 aromatic heterocycles. The molecule has 1 N–H and O–H groups in total. The molecule has 1 saturated heterocycles. The summed E-state index contributed by atoms with van der Waals surface area (Å²) in [5, 5.41) is 12.6. The number of thiophene rings is 1. The average Bonchev–Trinajstić information content (AvgIpc) is 3.17. The van der Waals surface area contributed by atoms with E-state index < -0.39 is 5.63 Å². The second kappa shape index (κ2) is 8.87. The van der Waals surface area contributed by atoms with E-state index in [9.17, 15) is 9.90 Å². The first-order chi connectivity index (χ1) is 12.6. The summed E-state index contributed by atoms with van der Waals surface area (Å²) in [4.78, 5) is 13.8. The van der Waals surface area contributed by atoms with Gasteiger partial charge < -0.3 is 14.3 Å². The molecule has 0 bridgehead atoms. The van der Waals surface area contributed by atoms with Crippen molar-refractivity contribution in [3.8, 4) is 5.75 Å². The molecular weight excluding hydrogens is 348 g/mol. The van der Waals surface area contributed by atoms with Gasteiger partial charge in [0.05, 0.1) is 5.56 Å². The monoisotopic (exact) mass is 376 g/mol. The van der Waals surface area contributed by atoms with E-state index in [1.54, 1.807) is 17.4 Å². The van der Waals surface area contributed by atoms with Crippen LogP contribution in [0.25, 0.3) is 0 Å². The molecule has 2 aromatic rings. The number of rotatable bonds is 7. The molecule has 5 heteroatoms. The molecule has 1 aliphatic heterocycles. The standard InChI is InChI=1S/C21H28O4S/c1-3-15(11-14-7-5-9-24-13-14)18-12-17(22)20(21(23)25-18)16(4-2)19-8-6-10-26-19/h6,8,10,12,14-16,22H,3-5,7,9,11,13H2,1-2H3. The lowest BCUT2D eigenvalue weighted by Crippen LogP contribution is -2.20. The summed E-state index contributed by atoms with van der Waals surface area (Å²) in [6.45, 7) is 5.75. The molecule has 3 rings (SSSR count). The van der Waals surface area contributed by atoms with Gasteiger partial charge in [0.2, 0.25) is 0 Å². The third kappa shape index (κ3) is 4.21. The van der Waals surface area contributed by atoms with Gasteiger partial charge in [-0.3, -0.25) is 0 Å². The van der Waals surface area contributed by atoms with Gasteiger partial charge in [-0.2, -0.15) is 0 Å². The van der Waals surface area contributed by atoms with Crippen LogP contribution in [0.15, 0.2) is 32.8 Å². The van der Waals surface area contributed by atoms with Gasteiger partial charge in [-0.25, -0.2) is 4.79 Å². The first-order valence-corrected chi connectivity index (χ1v) is 10.5. The van der Waals surface area contributed by atoms with Crippen LogP contribution in [0.2, 0.25) is 0 Å². The first-order valence-electron chi connectivity index (χ1n) is 9.62. The molecule has 0 spiro atoms. The average molecular weight is 377 g/mol. The van der Waals surface area contributed by atoms with Gasteiger partial charge in [0, 0.05) is 36.0 Å². The van der Waals surface area contributed by atoms with Crippen molar-refractivity contribution in [3.63, 3.8) is 0 Å². The Morgan fingerprint density at radius 1 is 1.35 bits per heavy atom. The molecule has 0 aliphatic carbocycles. The zero-order valence-corrected chi connectivity index (χ0v) is 16.4. The maximum absolute atomic E-state index is 12.7. The molecule has 0 saturated carbocycles. The minimum Gasteiger partial charge on any atom is -0.507 e. The lowest BCUT2D eigenvalue weighted by molar-refractivity contribution is 0.0477. The zero-order chi connectivity index (χ0) is 18.5. The Labute approximate surface area is 158 Å². The summed E-state index contributed by atoms with van der Waals surface area (Å²) in [6, 6.07) is 5.64. The van der Waals surface area contributed by atoms with Crippen molar-refractivity contribution in [2.75, 3.05) is 13.2 Å². The van der Waals surface area contributed by atoms with Crippen LogP contribution in [0.1, 0.15) is 74.0 Å². The Bertz CT molecular complexity index is 744. The summed E-state index contributed by atoms with van der Waals surface area (Å²) in [7, 11) is 0. The smallest absolute Gasteiger partial charge is 0.343 e. The Morgan fingerprint density at radius 2 is 2.19 bits per heavy atom. The zero-order valence-electron chi connectivity index (χ0n) is 15.6. The largest absolute Gasteiger partial charge is 0.507 e. The summed E-state index contributed by atoms with van der Waals surface area (Å²) in [5.41, 5.74) is -0.0202. The minimum absolute atomic E-state index is 0.0647. The van der Waals surface area contributed by atoms with E-state index in [2.05, 4.69) is 6.92 Å². The fourth-order valence-corrected chi connectivity index (χ4v) is 4.87. The van der Waals surface area contributed by atoms with Gasteiger partial charge in [-0.05, 0) is 49.5 Å². The van der Waals surface area contributed by atoms with Crippen LogP contribution in [0.5, 0.6) is 5.75 Å². The molecule has 3 atom stereocenters. The van der Waals surface area contributed by atoms with Crippen molar-refractivity contribution in [1.82, 2.24) is 0 Å². The highest BCUT2D eigenvalue weighted by Gasteiger charge is 2.26. The second-order valence-electron chi connectivity index (χ2n) is 7.14. The van der Waals surface area contributed by atoms with Crippen LogP contribution in [-0.4, -0.2) is 18.3 Å². The van der Waals surface area contributed by atoms with Crippen molar-refractivity contribution in [2.24, 2.45) is 5.92 Å². The van der Waals surface area contributed by atoms with Crippen LogP contribution in [0.3, 0.4) is 0 Å². The minimum atomic E-state index is -0.404. The van der Waals surface area contributed by atoms with Gasteiger partial charge in [0.1, 0.15) is 11.5 Å². The van der Waals surface area contributed by atoms with E-state index in [1.807, 2.05) is 24.4 Å². The first kappa shape index (κ1) is 19.2. The van der Waals surface area contributed by atoms with Crippen molar-refractivity contribution < 1.29 is 14.3 Å². The highest BCUT2D eigenvalue weighted by molar-refractivity contribution is 7.10. The fraction of sp³-hybridized carbons (Fsp3) is 0.571. The second-order valence-corrected chi connectivity index (χ2v) is 8.11. The molecular formula is C21H28O4S. The Balaban J connectivity index is 1.86. The molecule has 142 valence electrons. The third-order valence-corrected chi connectivity index (χ3v) is 6.38. The fourth-order valence-electron chi connectivity index (χ4n) is 3.95. The van der Waals surface area contributed by atoms with Crippen molar-refractivity contribution in [3.05, 3.63) is 50.2 Å². The predicted molar refractivity (Wildman–Crippen MR) is 104 cm³/mol. The van der Waals surface area contributed by atoms with Crippen LogP contribution in [-0.2, 0) is 4.74 Å². The highest BCUT2D eigenvalue weighted by Crippen LogP contribution is 2.37. The van der Waals surface area contributed by atoms with E-state index in [-0.39, 0.29) is 17.6 Å². The molecule has 0 aromatic carbocycles. The van der Waals surface area contributed by atoms with Gasteiger partial charge in [0.15, 0.2) is 0 Å².